The lowest BCUT2D eigenvalue weighted by Gasteiger charge is -2.23. The van der Waals surface area contributed by atoms with Gasteiger partial charge in [0.1, 0.15) is 0 Å². The van der Waals surface area contributed by atoms with Gasteiger partial charge in [-0.05, 0) is 18.3 Å². The van der Waals surface area contributed by atoms with Crippen molar-refractivity contribution in [2.24, 2.45) is 11.8 Å². The zero-order chi connectivity index (χ0) is 15.8. The lowest BCUT2D eigenvalue weighted by atomic mass is 9.83. The van der Waals surface area contributed by atoms with Gasteiger partial charge in [0.15, 0.2) is 0 Å². The van der Waals surface area contributed by atoms with Gasteiger partial charge in [0.25, 0.3) is 0 Å². The van der Waals surface area contributed by atoms with Crippen LogP contribution >= 0.6 is 0 Å². The van der Waals surface area contributed by atoms with Crippen LogP contribution in [0.25, 0.3) is 0 Å². The lowest BCUT2D eigenvalue weighted by molar-refractivity contribution is 0.295. The van der Waals surface area contributed by atoms with Crippen LogP contribution in [0.5, 0.6) is 0 Å². The molecule has 0 aliphatic rings. The highest BCUT2D eigenvalue weighted by molar-refractivity contribution is 4.67. The van der Waals surface area contributed by atoms with E-state index in [1.54, 1.807) is 0 Å². The van der Waals surface area contributed by atoms with E-state index in [-0.39, 0.29) is 0 Å². The average molecular weight is 297 g/mol. The minimum atomic E-state index is 1.01. The van der Waals surface area contributed by atoms with Gasteiger partial charge in [0.05, 0.1) is 0 Å². The van der Waals surface area contributed by atoms with Gasteiger partial charge in [0, 0.05) is 0 Å². The number of rotatable bonds is 16. The predicted octanol–water partition coefficient (Wildman–Crippen LogP) is 8.15. The van der Waals surface area contributed by atoms with Gasteiger partial charge in [-0.25, -0.2) is 0 Å². The maximum absolute atomic E-state index is 2.42. The van der Waals surface area contributed by atoms with Crippen LogP contribution < -0.4 is 0 Å². The standard InChI is InChI=1S/C21H44/c1-5-9-12-15-16-20(8-4)19-21(17-13-10-6-2)18-14-11-7-3/h20-21H,5-19H2,1-4H3. The second-order valence-electron chi connectivity index (χ2n) is 7.22. The Hall–Kier alpha value is 0. The van der Waals surface area contributed by atoms with Gasteiger partial charge in [-0.2, -0.15) is 0 Å². The lowest BCUT2D eigenvalue weighted by Crippen LogP contribution is -2.09. The first-order chi connectivity index (χ1) is 10.3. The molecule has 0 radical (unpaired) electrons. The van der Waals surface area contributed by atoms with Crippen molar-refractivity contribution in [2.75, 3.05) is 0 Å². The van der Waals surface area contributed by atoms with Crippen molar-refractivity contribution in [2.45, 2.75) is 124 Å². The normalized spacial score (nSPS) is 13.0. The van der Waals surface area contributed by atoms with E-state index in [0.29, 0.717) is 0 Å². The van der Waals surface area contributed by atoms with Crippen molar-refractivity contribution >= 4 is 0 Å². The maximum Gasteiger partial charge on any atom is -0.0412 e. The zero-order valence-corrected chi connectivity index (χ0v) is 15.8. The Kier molecular flexibility index (Phi) is 16.4. The molecule has 0 N–H and O–H groups in total. The molecular weight excluding hydrogens is 252 g/mol. The summed E-state index contributed by atoms with van der Waals surface area (Å²) in [5.41, 5.74) is 0. The molecule has 1 atom stereocenters. The Balaban J connectivity index is 4.04. The molecule has 0 fully saturated rings. The van der Waals surface area contributed by atoms with Gasteiger partial charge in [-0.1, -0.05) is 118 Å². The third-order valence-corrected chi connectivity index (χ3v) is 5.14. The van der Waals surface area contributed by atoms with Crippen LogP contribution in [-0.2, 0) is 0 Å². The van der Waals surface area contributed by atoms with Gasteiger partial charge in [0.2, 0.25) is 0 Å². The maximum atomic E-state index is 2.42. The molecule has 0 bridgehead atoms. The summed E-state index contributed by atoms with van der Waals surface area (Å²) in [5.74, 6) is 2.04. The van der Waals surface area contributed by atoms with Crippen molar-refractivity contribution in [3.05, 3.63) is 0 Å². The van der Waals surface area contributed by atoms with Crippen molar-refractivity contribution in [1.82, 2.24) is 0 Å². The first-order valence-electron chi connectivity index (χ1n) is 10.3. The fourth-order valence-corrected chi connectivity index (χ4v) is 3.57. The molecule has 0 heterocycles. The van der Waals surface area contributed by atoms with Crippen molar-refractivity contribution < 1.29 is 0 Å². The van der Waals surface area contributed by atoms with E-state index < -0.39 is 0 Å². The molecule has 0 aliphatic carbocycles. The van der Waals surface area contributed by atoms with E-state index in [1.807, 2.05) is 0 Å². The van der Waals surface area contributed by atoms with E-state index in [9.17, 15) is 0 Å². The second-order valence-corrected chi connectivity index (χ2v) is 7.22. The molecule has 0 aromatic heterocycles. The minimum Gasteiger partial charge on any atom is -0.0654 e. The van der Waals surface area contributed by atoms with Crippen LogP contribution in [0.1, 0.15) is 124 Å². The summed E-state index contributed by atoms with van der Waals surface area (Å²) >= 11 is 0. The van der Waals surface area contributed by atoms with E-state index in [0.717, 1.165) is 11.8 Å². The van der Waals surface area contributed by atoms with Gasteiger partial charge in [-0.3, -0.25) is 0 Å². The fraction of sp³-hybridized carbons (Fsp3) is 1.00. The molecule has 0 spiro atoms. The summed E-state index contributed by atoms with van der Waals surface area (Å²) < 4.78 is 0. The van der Waals surface area contributed by atoms with Gasteiger partial charge < -0.3 is 0 Å². The summed E-state index contributed by atoms with van der Waals surface area (Å²) in [7, 11) is 0. The number of hydrogen-bond donors (Lipinski definition) is 0. The summed E-state index contributed by atoms with van der Waals surface area (Å²) in [6.45, 7) is 9.39. The van der Waals surface area contributed by atoms with Crippen LogP contribution in [0.3, 0.4) is 0 Å². The Morgan fingerprint density at radius 3 is 1.38 bits per heavy atom. The van der Waals surface area contributed by atoms with Gasteiger partial charge >= 0.3 is 0 Å². The van der Waals surface area contributed by atoms with E-state index >= 15 is 0 Å². The minimum absolute atomic E-state index is 1.01. The molecule has 0 saturated carbocycles. The van der Waals surface area contributed by atoms with Crippen LogP contribution in [0.4, 0.5) is 0 Å². The quantitative estimate of drug-likeness (QED) is 0.252. The molecule has 0 rings (SSSR count). The molecule has 0 aliphatic heterocycles. The molecule has 0 saturated heterocycles. The van der Waals surface area contributed by atoms with E-state index in [4.69, 9.17) is 0 Å². The monoisotopic (exact) mass is 296 g/mol. The van der Waals surface area contributed by atoms with Crippen molar-refractivity contribution in [3.63, 3.8) is 0 Å². The van der Waals surface area contributed by atoms with E-state index in [2.05, 4.69) is 27.7 Å². The van der Waals surface area contributed by atoms with Crippen molar-refractivity contribution in [3.8, 4) is 0 Å². The molecular formula is C21H44. The second kappa shape index (κ2) is 16.4. The SMILES string of the molecule is CCCCCCC(CC)CC(CCCCC)CCCCC. The molecule has 0 aromatic rings. The molecule has 1 unspecified atom stereocenters. The number of hydrogen-bond acceptors (Lipinski definition) is 0. The smallest absolute Gasteiger partial charge is 0.0412 e. The zero-order valence-electron chi connectivity index (χ0n) is 15.8. The molecule has 0 nitrogen and oxygen atoms in total. The highest BCUT2D eigenvalue weighted by Gasteiger charge is 2.15. The summed E-state index contributed by atoms with van der Waals surface area (Å²) in [5, 5.41) is 0. The Labute approximate surface area is 136 Å². The predicted molar refractivity (Wildman–Crippen MR) is 98.9 cm³/mol. The molecule has 0 amide bonds. The molecule has 21 heavy (non-hydrogen) atoms. The molecule has 0 aromatic carbocycles. The first-order valence-corrected chi connectivity index (χ1v) is 10.3. The topological polar surface area (TPSA) is 0 Å². The third-order valence-electron chi connectivity index (χ3n) is 5.14. The summed E-state index contributed by atoms with van der Waals surface area (Å²) in [6.07, 6.45) is 21.7. The van der Waals surface area contributed by atoms with Crippen LogP contribution in [0.15, 0.2) is 0 Å². The van der Waals surface area contributed by atoms with Crippen LogP contribution in [0.2, 0.25) is 0 Å². The number of unbranched alkanes of at least 4 members (excludes halogenated alkanes) is 7. The summed E-state index contributed by atoms with van der Waals surface area (Å²) in [4.78, 5) is 0. The highest BCUT2D eigenvalue weighted by Crippen LogP contribution is 2.29. The summed E-state index contributed by atoms with van der Waals surface area (Å²) in [6, 6.07) is 0. The van der Waals surface area contributed by atoms with Crippen molar-refractivity contribution in [1.29, 1.82) is 0 Å². The van der Waals surface area contributed by atoms with Crippen LogP contribution in [0, 0.1) is 11.8 Å². The first kappa shape index (κ1) is 21.0. The largest absolute Gasteiger partial charge is 0.0654 e. The average Bonchev–Trinajstić information content (AvgIpc) is 2.50. The Morgan fingerprint density at radius 2 is 0.905 bits per heavy atom. The Morgan fingerprint density at radius 1 is 0.476 bits per heavy atom. The van der Waals surface area contributed by atoms with Gasteiger partial charge in [-0.15, -0.1) is 0 Å². The molecule has 0 heteroatoms. The fourth-order valence-electron chi connectivity index (χ4n) is 3.57. The van der Waals surface area contributed by atoms with E-state index in [1.165, 1.54) is 96.3 Å². The third kappa shape index (κ3) is 13.4. The van der Waals surface area contributed by atoms with Crippen LogP contribution in [-0.4, -0.2) is 0 Å². The molecule has 128 valence electrons. The Bertz CT molecular complexity index is 174. The highest BCUT2D eigenvalue weighted by atomic mass is 14.2.